The monoisotopic (exact) mass is 216 g/mol. The Bertz CT molecular complexity index is 223. The maximum atomic E-state index is 9.50. The zero-order chi connectivity index (χ0) is 10.8. The van der Waals surface area contributed by atoms with Crippen LogP contribution in [0.5, 0.6) is 0 Å². The van der Waals surface area contributed by atoms with Crippen molar-refractivity contribution in [2.75, 3.05) is 19.5 Å². The molecule has 1 N–H and O–H groups in total. The van der Waals surface area contributed by atoms with Gasteiger partial charge < -0.3 is 5.11 Å². The van der Waals surface area contributed by atoms with E-state index in [1.54, 1.807) is 11.8 Å². The SMILES string of the molecule is CF.Cc1ccc(CSCCO)cc1. The van der Waals surface area contributed by atoms with Gasteiger partial charge >= 0.3 is 0 Å². The van der Waals surface area contributed by atoms with Gasteiger partial charge in [0.05, 0.1) is 13.8 Å². The van der Waals surface area contributed by atoms with E-state index in [0.717, 1.165) is 11.5 Å². The van der Waals surface area contributed by atoms with Crippen LogP contribution in [-0.2, 0) is 5.75 Å². The predicted octanol–water partition coefficient (Wildman–Crippen LogP) is 2.81. The third kappa shape index (κ3) is 6.00. The molecule has 3 heteroatoms. The molecule has 0 spiro atoms. The Morgan fingerprint density at radius 1 is 1.21 bits per heavy atom. The second-order valence-corrected chi connectivity index (χ2v) is 3.87. The van der Waals surface area contributed by atoms with E-state index in [4.69, 9.17) is 5.11 Å². The van der Waals surface area contributed by atoms with Crippen LogP contribution in [0.25, 0.3) is 0 Å². The fraction of sp³-hybridized carbons (Fsp3) is 0.455. The van der Waals surface area contributed by atoms with E-state index in [0.29, 0.717) is 7.18 Å². The van der Waals surface area contributed by atoms with Crippen molar-refractivity contribution in [2.45, 2.75) is 12.7 Å². The molecule has 0 aliphatic heterocycles. The molecule has 14 heavy (non-hydrogen) atoms. The first-order valence-electron chi connectivity index (χ1n) is 4.45. The Hall–Kier alpha value is -0.540. The summed E-state index contributed by atoms with van der Waals surface area (Å²) < 4.78 is 9.50. The van der Waals surface area contributed by atoms with Gasteiger partial charge in [0.2, 0.25) is 0 Å². The molecule has 80 valence electrons. The molecular weight excluding hydrogens is 199 g/mol. The van der Waals surface area contributed by atoms with Crippen LogP contribution < -0.4 is 0 Å². The van der Waals surface area contributed by atoms with E-state index in [1.807, 2.05) is 0 Å². The summed E-state index contributed by atoms with van der Waals surface area (Å²) in [5.41, 5.74) is 2.63. The van der Waals surface area contributed by atoms with Gasteiger partial charge in [-0.25, -0.2) is 0 Å². The van der Waals surface area contributed by atoms with Crippen LogP contribution in [0.4, 0.5) is 4.39 Å². The van der Waals surface area contributed by atoms with Gasteiger partial charge in [0.1, 0.15) is 0 Å². The minimum absolute atomic E-state index is 0.274. The zero-order valence-corrected chi connectivity index (χ0v) is 9.48. The highest BCUT2D eigenvalue weighted by Gasteiger charge is 1.91. The van der Waals surface area contributed by atoms with Crippen LogP contribution in [0.1, 0.15) is 11.1 Å². The number of aryl methyl sites for hydroxylation is 1. The molecule has 1 aromatic rings. The summed E-state index contributed by atoms with van der Waals surface area (Å²) in [5, 5.41) is 8.57. The summed E-state index contributed by atoms with van der Waals surface area (Å²) in [7, 11) is 0.500. The molecule has 1 aromatic carbocycles. The van der Waals surface area contributed by atoms with Gasteiger partial charge in [-0.15, -0.1) is 0 Å². The minimum atomic E-state index is 0.274. The van der Waals surface area contributed by atoms with E-state index < -0.39 is 0 Å². The first kappa shape index (κ1) is 13.5. The first-order chi connectivity index (χ1) is 6.83. The van der Waals surface area contributed by atoms with Gasteiger partial charge in [-0.3, -0.25) is 4.39 Å². The van der Waals surface area contributed by atoms with E-state index in [-0.39, 0.29) is 6.61 Å². The van der Waals surface area contributed by atoms with Crippen LogP contribution in [0.2, 0.25) is 0 Å². The highest BCUT2D eigenvalue weighted by Crippen LogP contribution is 2.11. The molecule has 0 saturated carbocycles. The van der Waals surface area contributed by atoms with Crippen molar-refractivity contribution in [1.29, 1.82) is 0 Å². The zero-order valence-electron chi connectivity index (χ0n) is 8.66. The molecule has 0 bridgehead atoms. The van der Waals surface area contributed by atoms with E-state index >= 15 is 0 Å². The minimum Gasteiger partial charge on any atom is -0.396 e. The third-order valence-electron chi connectivity index (χ3n) is 1.62. The highest BCUT2D eigenvalue weighted by atomic mass is 32.2. The molecule has 1 rings (SSSR count). The van der Waals surface area contributed by atoms with Crippen molar-refractivity contribution in [3.8, 4) is 0 Å². The van der Waals surface area contributed by atoms with E-state index in [1.165, 1.54) is 11.1 Å². The molecule has 0 radical (unpaired) electrons. The quantitative estimate of drug-likeness (QED) is 0.781. The molecule has 0 aliphatic rings. The van der Waals surface area contributed by atoms with Gasteiger partial charge in [-0.05, 0) is 12.5 Å². The number of aliphatic hydroxyl groups excluding tert-OH is 1. The molecule has 0 atom stereocenters. The number of aliphatic hydroxyl groups is 1. The fourth-order valence-electron chi connectivity index (χ4n) is 0.939. The number of benzene rings is 1. The molecule has 0 saturated heterocycles. The Morgan fingerprint density at radius 2 is 1.79 bits per heavy atom. The lowest BCUT2D eigenvalue weighted by molar-refractivity contribution is 0.322. The molecule has 0 aliphatic carbocycles. The molecule has 0 fully saturated rings. The molecular formula is C11H17FOS. The standard InChI is InChI=1S/C10H14OS.CH3F/c1-9-2-4-10(5-3-9)8-12-7-6-11;1-2/h2-5,11H,6-8H2,1H3;1H3. The number of rotatable bonds is 4. The topological polar surface area (TPSA) is 20.2 Å². The molecule has 0 aromatic heterocycles. The Labute approximate surface area is 89.3 Å². The predicted molar refractivity (Wildman–Crippen MR) is 61.5 cm³/mol. The largest absolute Gasteiger partial charge is 0.396 e. The molecule has 1 nitrogen and oxygen atoms in total. The lowest BCUT2D eigenvalue weighted by atomic mass is 10.2. The number of hydrogen-bond donors (Lipinski definition) is 1. The summed E-state index contributed by atoms with van der Waals surface area (Å²) in [4.78, 5) is 0. The van der Waals surface area contributed by atoms with Crippen LogP contribution >= 0.6 is 11.8 Å². The summed E-state index contributed by atoms with van der Waals surface area (Å²) in [6, 6.07) is 8.52. The Balaban J connectivity index is 0.000000791. The summed E-state index contributed by atoms with van der Waals surface area (Å²) >= 11 is 1.76. The van der Waals surface area contributed by atoms with Gasteiger partial charge in [-0.1, -0.05) is 29.8 Å². The van der Waals surface area contributed by atoms with Crippen molar-refractivity contribution in [3.05, 3.63) is 35.4 Å². The van der Waals surface area contributed by atoms with Crippen LogP contribution in [-0.4, -0.2) is 24.6 Å². The third-order valence-corrected chi connectivity index (χ3v) is 2.63. The second-order valence-electron chi connectivity index (χ2n) is 2.76. The van der Waals surface area contributed by atoms with Crippen molar-refractivity contribution >= 4 is 11.8 Å². The van der Waals surface area contributed by atoms with Gasteiger partial charge in [0, 0.05) is 11.5 Å². The Morgan fingerprint density at radius 3 is 2.29 bits per heavy atom. The summed E-state index contributed by atoms with van der Waals surface area (Å²) in [5.74, 6) is 1.83. The van der Waals surface area contributed by atoms with Crippen molar-refractivity contribution in [2.24, 2.45) is 0 Å². The van der Waals surface area contributed by atoms with Crippen LogP contribution in [0, 0.1) is 6.92 Å². The average molecular weight is 216 g/mol. The molecule has 0 unspecified atom stereocenters. The number of alkyl halides is 1. The summed E-state index contributed by atoms with van der Waals surface area (Å²) in [6.45, 7) is 2.36. The van der Waals surface area contributed by atoms with Crippen LogP contribution in [0.3, 0.4) is 0 Å². The average Bonchev–Trinajstić information content (AvgIpc) is 2.24. The fourth-order valence-corrected chi connectivity index (χ4v) is 1.64. The van der Waals surface area contributed by atoms with E-state index in [2.05, 4.69) is 31.2 Å². The maximum Gasteiger partial charge on any atom is 0.0785 e. The second kappa shape index (κ2) is 9.03. The lowest BCUT2D eigenvalue weighted by Crippen LogP contribution is -1.87. The first-order valence-corrected chi connectivity index (χ1v) is 5.60. The van der Waals surface area contributed by atoms with Gasteiger partial charge in [0.15, 0.2) is 0 Å². The Kier molecular flexibility index (Phi) is 8.68. The lowest BCUT2D eigenvalue weighted by Gasteiger charge is -2.00. The van der Waals surface area contributed by atoms with E-state index in [9.17, 15) is 4.39 Å². The maximum absolute atomic E-state index is 9.50. The normalized spacial score (nSPS) is 9.14. The van der Waals surface area contributed by atoms with Crippen molar-refractivity contribution in [3.63, 3.8) is 0 Å². The molecule has 0 amide bonds. The number of halogens is 1. The number of hydrogen-bond acceptors (Lipinski definition) is 2. The van der Waals surface area contributed by atoms with Crippen molar-refractivity contribution in [1.82, 2.24) is 0 Å². The summed E-state index contributed by atoms with van der Waals surface area (Å²) in [6.07, 6.45) is 0. The van der Waals surface area contributed by atoms with Crippen LogP contribution in [0.15, 0.2) is 24.3 Å². The van der Waals surface area contributed by atoms with Crippen molar-refractivity contribution < 1.29 is 9.50 Å². The molecule has 0 heterocycles. The van der Waals surface area contributed by atoms with Gasteiger partial charge in [-0.2, -0.15) is 11.8 Å². The van der Waals surface area contributed by atoms with Gasteiger partial charge in [0.25, 0.3) is 0 Å². The highest BCUT2D eigenvalue weighted by molar-refractivity contribution is 7.98. The smallest absolute Gasteiger partial charge is 0.0785 e. The number of thioether (sulfide) groups is 1.